The predicted octanol–water partition coefficient (Wildman–Crippen LogP) is 3.58. The molecule has 0 fully saturated rings. The number of hydrogen-bond acceptors (Lipinski definition) is 7. The molecule has 0 bridgehead atoms. The Kier molecular flexibility index (Phi) is 6.39. The van der Waals surface area contributed by atoms with E-state index in [-0.39, 0.29) is 24.5 Å². The summed E-state index contributed by atoms with van der Waals surface area (Å²) in [6.07, 6.45) is 0.607. The highest BCUT2D eigenvalue weighted by molar-refractivity contribution is 5.83. The fourth-order valence-electron chi connectivity index (χ4n) is 2.85. The molecule has 0 amide bonds. The van der Waals surface area contributed by atoms with Crippen LogP contribution < -0.4 is 15.1 Å². The Bertz CT molecular complexity index is 1050. The second kappa shape index (κ2) is 9.14. The lowest BCUT2D eigenvalue weighted by atomic mass is 10.0. The Morgan fingerprint density at radius 3 is 2.34 bits per heavy atom. The minimum atomic E-state index is -0.585. The van der Waals surface area contributed by atoms with Gasteiger partial charge in [-0.3, -0.25) is 0 Å². The van der Waals surface area contributed by atoms with Gasteiger partial charge in [0.15, 0.2) is 6.61 Å². The first-order chi connectivity index (χ1) is 14.0. The van der Waals surface area contributed by atoms with Gasteiger partial charge in [0.05, 0.1) is 6.61 Å². The summed E-state index contributed by atoms with van der Waals surface area (Å²) in [5.41, 5.74) is 0.861. The van der Waals surface area contributed by atoms with Crippen molar-refractivity contribution in [3.8, 4) is 17.2 Å². The average molecular weight is 398 g/mol. The largest absolute Gasteiger partial charge is 0.508 e. The summed E-state index contributed by atoms with van der Waals surface area (Å²) in [5, 5.41) is 10.6. The third-order valence-electron chi connectivity index (χ3n) is 4.29. The van der Waals surface area contributed by atoms with Crippen LogP contribution >= 0.6 is 0 Å². The quantitative estimate of drug-likeness (QED) is 0.458. The molecule has 7 nitrogen and oxygen atoms in total. The third-order valence-corrected chi connectivity index (χ3v) is 4.29. The van der Waals surface area contributed by atoms with E-state index in [1.165, 1.54) is 12.1 Å². The van der Waals surface area contributed by atoms with Crippen LogP contribution in [-0.4, -0.2) is 24.3 Å². The molecule has 0 unspecified atom stereocenters. The molecule has 0 saturated carbocycles. The zero-order chi connectivity index (χ0) is 20.8. The van der Waals surface area contributed by atoms with Gasteiger partial charge in [0.1, 0.15) is 29.4 Å². The molecule has 3 rings (SSSR count). The molecule has 0 aliphatic carbocycles. The van der Waals surface area contributed by atoms with E-state index in [1.54, 1.807) is 30.3 Å². The fourth-order valence-corrected chi connectivity index (χ4v) is 2.85. The molecule has 3 aromatic rings. The lowest BCUT2D eigenvalue weighted by Gasteiger charge is -2.10. The molecule has 0 atom stereocenters. The Hall–Kier alpha value is -3.48. The van der Waals surface area contributed by atoms with Crippen LogP contribution in [0.15, 0.2) is 51.7 Å². The average Bonchev–Trinajstić information content (AvgIpc) is 2.71. The molecule has 1 N–H and O–H groups in total. The molecule has 1 aromatic heterocycles. The maximum Gasteiger partial charge on any atom is 0.344 e. The van der Waals surface area contributed by atoms with Gasteiger partial charge < -0.3 is 23.7 Å². The van der Waals surface area contributed by atoms with Crippen LogP contribution in [0.2, 0.25) is 0 Å². The van der Waals surface area contributed by atoms with E-state index >= 15 is 0 Å². The summed E-state index contributed by atoms with van der Waals surface area (Å²) in [6.45, 7) is 3.98. The Balaban J connectivity index is 1.65. The van der Waals surface area contributed by atoms with E-state index in [2.05, 4.69) is 0 Å². The molecule has 0 spiro atoms. The first kappa shape index (κ1) is 20.3. The number of phenolic OH excluding ortho intramolecular Hbond substituents is 1. The van der Waals surface area contributed by atoms with Crippen LogP contribution in [0.1, 0.15) is 25.0 Å². The number of aromatic hydroxyl groups is 1. The summed E-state index contributed by atoms with van der Waals surface area (Å²) in [6, 6.07) is 11.3. The second-order valence-corrected chi connectivity index (χ2v) is 6.28. The van der Waals surface area contributed by atoms with Crippen LogP contribution in [-0.2, 0) is 22.6 Å². The van der Waals surface area contributed by atoms with Gasteiger partial charge in [-0.15, -0.1) is 0 Å². The molecule has 2 aromatic carbocycles. The van der Waals surface area contributed by atoms with E-state index in [1.807, 2.05) is 13.8 Å². The van der Waals surface area contributed by atoms with Crippen molar-refractivity contribution in [3.05, 3.63) is 64.0 Å². The minimum Gasteiger partial charge on any atom is -0.508 e. The van der Waals surface area contributed by atoms with Crippen molar-refractivity contribution >= 4 is 16.9 Å². The van der Waals surface area contributed by atoms with Crippen molar-refractivity contribution in [1.29, 1.82) is 0 Å². The molecular weight excluding hydrogens is 376 g/mol. The van der Waals surface area contributed by atoms with Crippen molar-refractivity contribution in [2.75, 3.05) is 13.2 Å². The molecule has 0 aliphatic heterocycles. The number of fused-ring (bicyclic) bond motifs is 1. The van der Waals surface area contributed by atoms with Gasteiger partial charge in [0, 0.05) is 23.1 Å². The van der Waals surface area contributed by atoms with E-state index in [9.17, 15) is 14.7 Å². The highest BCUT2D eigenvalue weighted by Gasteiger charge is 2.12. The molecule has 1 heterocycles. The molecule has 0 saturated heterocycles. The van der Waals surface area contributed by atoms with Crippen molar-refractivity contribution < 1.29 is 28.5 Å². The first-order valence-electron chi connectivity index (χ1n) is 9.30. The van der Waals surface area contributed by atoms with Crippen LogP contribution in [0, 0.1) is 0 Å². The summed E-state index contributed by atoms with van der Waals surface area (Å²) < 4.78 is 21.1. The summed E-state index contributed by atoms with van der Waals surface area (Å²) in [4.78, 5) is 23.8. The predicted molar refractivity (Wildman–Crippen MR) is 106 cm³/mol. The standard InChI is InChI=1S/C22H22O7/c1-3-14-9-18-15(10-21(24)29-20(18)11-19(14)23)12-28-22(25)13-27-17-7-5-16(6-8-17)26-4-2/h5-11,23H,3-4,12-13H2,1-2H3. The molecule has 0 aliphatic rings. The van der Waals surface area contributed by atoms with Crippen molar-refractivity contribution in [1.82, 2.24) is 0 Å². The fraction of sp³-hybridized carbons (Fsp3) is 0.273. The lowest BCUT2D eigenvalue weighted by Crippen LogP contribution is -2.15. The number of carbonyl (C=O) groups excluding carboxylic acids is 1. The van der Waals surface area contributed by atoms with Crippen LogP contribution in [0.5, 0.6) is 17.2 Å². The highest BCUT2D eigenvalue weighted by Crippen LogP contribution is 2.27. The maximum atomic E-state index is 12.0. The van der Waals surface area contributed by atoms with Crippen molar-refractivity contribution in [2.45, 2.75) is 26.9 Å². The van der Waals surface area contributed by atoms with E-state index < -0.39 is 11.6 Å². The molecule has 152 valence electrons. The Morgan fingerprint density at radius 2 is 1.69 bits per heavy atom. The zero-order valence-electron chi connectivity index (χ0n) is 16.3. The minimum absolute atomic E-state index is 0.0565. The van der Waals surface area contributed by atoms with Gasteiger partial charge in [0.2, 0.25) is 0 Å². The van der Waals surface area contributed by atoms with Gasteiger partial charge >= 0.3 is 11.6 Å². The summed E-state index contributed by atoms with van der Waals surface area (Å²) in [7, 11) is 0. The number of ether oxygens (including phenoxy) is 3. The second-order valence-electron chi connectivity index (χ2n) is 6.28. The summed E-state index contributed by atoms with van der Waals surface area (Å²) >= 11 is 0. The number of benzene rings is 2. The lowest BCUT2D eigenvalue weighted by molar-refractivity contribution is -0.147. The normalized spacial score (nSPS) is 10.7. The van der Waals surface area contributed by atoms with Gasteiger partial charge in [-0.05, 0) is 49.2 Å². The Labute approximate surface area is 167 Å². The monoisotopic (exact) mass is 398 g/mol. The van der Waals surface area contributed by atoms with Gasteiger partial charge in [0.25, 0.3) is 0 Å². The number of rotatable bonds is 8. The molecule has 29 heavy (non-hydrogen) atoms. The van der Waals surface area contributed by atoms with Crippen molar-refractivity contribution in [3.63, 3.8) is 0 Å². The zero-order valence-corrected chi connectivity index (χ0v) is 16.3. The smallest absolute Gasteiger partial charge is 0.344 e. The van der Waals surface area contributed by atoms with Crippen LogP contribution in [0.25, 0.3) is 11.0 Å². The van der Waals surface area contributed by atoms with E-state index in [0.717, 1.165) is 5.75 Å². The van der Waals surface area contributed by atoms with Gasteiger partial charge in [-0.2, -0.15) is 0 Å². The van der Waals surface area contributed by atoms with Crippen LogP contribution in [0.4, 0.5) is 0 Å². The third kappa shape index (κ3) is 5.07. The summed E-state index contributed by atoms with van der Waals surface area (Å²) in [5.74, 6) is 0.713. The van der Waals surface area contributed by atoms with E-state index in [4.69, 9.17) is 18.6 Å². The number of carbonyl (C=O) groups is 1. The molecule has 7 heteroatoms. The SMILES string of the molecule is CCOc1ccc(OCC(=O)OCc2cc(=O)oc3cc(O)c(CC)cc23)cc1. The number of esters is 1. The topological polar surface area (TPSA) is 95.2 Å². The number of hydrogen-bond donors (Lipinski definition) is 1. The maximum absolute atomic E-state index is 12.0. The van der Waals surface area contributed by atoms with Crippen molar-refractivity contribution in [2.24, 2.45) is 0 Å². The van der Waals surface area contributed by atoms with E-state index in [0.29, 0.717) is 35.3 Å². The van der Waals surface area contributed by atoms with Gasteiger partial charge in [-0.25, -0.2) is 9.59 Å². The highest BCUT2D eigenvalue weighted by atomic mass is 16.6. The van der Waals surface area contributed by atoms with Gasteiger partial charge in [-0.1, -0.05) is 6.92 Å². The molecular formula is C22H22O7. The number of phenols is 1. The molecule has 0 radical (unpaired) electrons. The Morgan fingerprint density at radius 1 is 1.00 bits per heavy atom. The number of aryl methyl sites for hydroxylation is 1. The van der Waals surface area contributed by atoms with Crippen LogP contribution in [0.3, 0.4) is 0 Å². The first-order valence-corrected chi connectivity index (χ1v) is 9.30.